The fraction of sp³-hybridized carbons (Fsp3) is 0.367. The van der Waals surface area contributed by atoms with Gasteiger partial charge in [0.1, 0.15) is 18.2 Å². The van der Waals surface area contributed by atoms with Crippen LogP contribution in [0.15, 0.2) is 72.9 Å². The van der Waals surface area contributed by atoms with Gasteiger partial charge in [-0.25, -0.2) is 9.78 Å². The smallest absolute Gasteiger partial charge is 0.329 e. The normalized spacial score (nSPS) is 21.6. The van der Waals surface area contributed by atoms with Crippen molar-refractivity contribution in [2.45, 2.75) is 63.8 Å². The predicted octanol–water partition coefficient (Wildman–Crippen LogP) is 4.18. The Kier molecular flexibility index (Phi) is 9.88. The number of hydrogen-bond acceptors (Lipinski definition) is 8. The van der Waals surface area contributed by atoms with E-state index in [9.17, 15) is 14.7 Å². The molecular weight excluding hydrogens is 500 g/mol. The van der Waals surface area contributed by atoms with Crippen LogP contribution in [-0.4, -0.2) is 53.4 Å². The number of aromatic hydroxyl groups is 1. The van der Waals surface area contributed by atoms with Gasteiger partial charge in [0.2, 0.25) is 0 Å². The van der Waals surface area contributed by atoms with Gasteiger partial charge < -0.3 is 29.4 Å². The SMILES string of the molecule is COc1ccnc(C(=O)N[C@H]2CCC[C@H](OCc3ccccc3)[C@@H](OCc3ccccc3)[C@H](C)OC2=O)c1O. The van der Waals surface area contributed by atoms with E-state index in [0.717, 1.165) is 11.1 Å². The molecule has 0 aliphatic carbocycles. The minimum atomic E-state index is -0.935. The molecule has 9 nitrogen and oxygen atoms in total. The summed E-state index contributed by atoms with van der Waals surface area (Å²) < 4.78 is 23.5. The Hall–Kier alpha value is -3.95. The summed E-state index contributed by atoms with van der Waals surface area (Å²) in [5.41, 5.74) is 1.79. The van der Waals surface area contributed by atoms with Gasteiger partial charge in [-0.15, -0.1) is 0 Å². The molecule has 1 aliphatic rings. The lowest BCUT2D eigenvalue weighted by Gasteiger charge is -2.31. The molecule has 1 fully saturated rings. The number of ether oxygens (including phenoxy) is 4. The number of rotatable bonds is 9. The van der Waals surface area contributed by atoms with Gasteiger partial charge in [0.15, 0.2) is 17.2 Å². The Labute approximate surface area is 228 Å². The monoisotopic (exact) mass is 534 g/mol. The van der Waals surface area contributed by atoms with Crippen LogP contribution in [0.3, 0.4) is 0 Å². The van der Waals surface area contributed by atoms with E-state index in [4.69, 9.17) is 18.9 Å². The van der Waals surface area contributed by atoms with Crippen LogP contribution in [0.4, 0.5) is 0 Å². The molecule has 3 aromatic rings. The Morgan fingerprint density at radius 2 is 1.64 bits per heavy atom. The molecular formula is C30H34N2O7. The summed E-state index contributed by atoms with van der Waals surface area (Å²) in [6.07, 6.45) is 1.28. The second kappa shape index (κ2) is 13.7. The van der Waals surface area contributed by atoms with E-state index in [1.165, 1.54) is 19.4 Å². The van der Waals surface area contributed by atoms with Crippen LogP contribution < -0.4 is 10.1 Å². The summed E-state index contributed by atoms with van der Waals surface area (Å²) >= 11 is 0. The summed E-state index contributed by atoms with van der Waals surface area (Å²) in [5, 5.41) is 13.0. The molecule has 2 heterocycles. The number of aromatic nitrogens is 1. The standard InChI is InChI=1S/C30H34N2O7/c1-20-28(38-19-22-12-7-4-8-13-22)25(37-18-21-10-5-3-6-11-21)15-9-14-23(30(35)39-20)32-29(34)26-27(33)24(36-2)16-17-31-26/h3-8,10-13,16-17,20,23,25,28,33H,9,14-15,18-19H2,1-2H3,(H,32,34)/t20-,23-,25-,28-/m0/s1. The number of nitrogens with zero attached hydrogens (tertiary/aromatic N) is 1. The highest BCUT2D eigenvalue weighted by Crippen LogP contribution is 2.28. The second-order valence-corrected chi connectivity index (χ2v) is 9.41. The highest BCUT2D eigenvalue weighted by atomic mass is 16.6. The molecule has 1 saturated heterocycles. The number of cyclic esters (lactones) is 1. The molecule has 0 bridgehead atoms. The largest absolute Gasteiger partial charge is 0.503 e. The summed E-state index contributed by atoms with van der Waals surface area (Å²) in [5.74, 6) is -1.58. The van der Waals surface area contributed by atoms with Crippen molar-refractivity contribution >= 4 is 11.9 Å². The molecule has 4 atom stereocenters. The number of hydrogen-bond donors (Lipinski definition) is 2. The molecule has 4 rings (SSSR count). The molecule has 0 unspecified atom stereocenters. The quantitative estimate of drug-likeness (QED) is 0.393. The van der Waals surface area contributed by atoms with Crippen molar-refractivity contribution in [1.82, 2.24) is 10.3 Å². The first kappa shape index (κ1) is 28.1. The van der Waals surface area contributed by atoms with Gasteiger partial charge in [-0.1, -0.05) is 60.7 Å². The minimum Gasteiger partial charge on any atom is -0.503 e. The Morgan fingerprint density at radius 1 is 1.00 bits per heavy atom. The van der Waals surface area contributed by atoms with E-state index in [0.29, 0.717) is 32.5 Å². The zero-order valence-corrected chi connectivity index (χ0v) is 22.1. The summed E-state index contributed by atoms with van der Waals surface area (Å²) in [6, 6.07) is 20.1. The van der Waals surface area contributed by atoms with Crippen LogP contribution in [0.1, 0.15) is 47.8 Å². The molecule has 0 radical (unpaired) electrons. The highest BCUT2D eigenvalue weighted by molar-refractivity contribution is 5.97. The van der Waals surface area contributed by atoms with Crippen molar-refractivity contribution in [1.29, 1.82) is 0 Å². The molecule has 2 N–H and O–H groups in total. The second-order valence-electron chi connectivity index (χ2n) is 9.41. The van der Waals surface area contributed by atoms with Gasteiger partial charge in [-0.3, -0.25) is 4.79 Å². The van der Waals surface area contributed by atoms with Gasteiger partial charge in [-0.2, -0.15) is 0 Å². The Bertz CT molecular complexity index is 1220. The topological polar surface area (TPSA) is 116 Å². The number of amides is 1. The van der Waals surface area contributed by atoms with Gasteiger partial charge in [-0.05, 0) is 37.3 Å². The highest BCUT2D eigenvalue weighted by Gasteiger charge is 2.36. The lowest BCUT2D eigenvalue weighted by molar-refractivity contribution is -0.170. The number of benzene rings is 2. The van der Waals surface area contributed by atoms with Gasteiger partial charge >= 0.3 is 5.97 Å². The van der Waals surface area contributed by atoms with Crippen molar-refractivity contribution in [3.63, 3.8) is 0 Å². The molecule has 1 aliphatic heterocycles. The van der Waals surface area contributed by atoms with Crippen molar-refractivity contribution in [2.75, 3.05) is 7.11 Å². The van der Waals surface area contributed by atoms with Crippen LogP contribution in [-0.2, 0) is 32.2 Å². The maximum Gasteiger partial charge on any atom is 0.329 e. The Balaban J connectivity index is 1.49. The van der Waals surface area contributed by atoms with E-state index < -0.39 is 35.9 Å². The molecule has 2 aromatic carbocycles. The van der Waals surface area contributed by atoms with Gasteiger partial charge in [0.25, 0.3) is 5.91 Å². The first-order chi connectivity index (χ1) is 19.0. The molecule has 9 heteroatoms. The van der Waals surface area contributed by atoms with Crippen LogP contribution in [0.2, 0.25) is 0 Å². The lowest BCUT2D eigenvalue weighted by Crippen LogP contribution is -2.45. The van der Waals surface area contributed by atoms with E-state index in [1.807, 2.05) is 60.7 Å². The first-order valence-electron chi connectivity index (χ1n) is 13.0. The van der Waals surface area contributed by atoms with Crippen LogP contribution in [0, 0.1) is 0 Å². The van der Waals surface area contributed by atoms with Crippen molar-refractivity contribution in [2.24, 2.45) is 0 Å². The molecule has 206 valence electrons. The zero-order chi connectivity index (χ0) is 27.6. The molecule has 1 amide bonds. The Morgan fingerprint density at radius 3 is 2.28 bits per heavy atom. The number of esters is 1. The molecule has 1 aromatic heterocycles. The predicted molar refractivity (Wildman–Crippen MR) is 143 cm³/mol. The van der Waals surface area contributed by atoms with E-state index >= 15 is 0 Å². The molecule has 0 saturated carbocycles. The van der Waals surface area contributed by atoms with E-state index in [-0.39, 0.29) is 17.5 Å². The third kappa shape index (κ3) is 7.55. The van der Waals surface area contributed by atoms with Crippen molar-refractivity contribution < 1.29 is 33.6 Å². The van der Waals surface area contributed by atoms with Crippen LogP contribution >= 0.6 is 0 Å². The summed E-state index contributed by atoms with van der Waals surface area (Å²) in [7, 11) is 1.38. The molecule has 0 spiro atoms. The van der Waals surface area contributed by atoms with Gasteiger partial charge in [0.05, 0.1) is 26.4 Å². The van der Waals surface area contributed by atoms with Crippen molar-refractivity contribution in [3.05, 3.63) is 89.7 Å². The average Bonchev–Trinajstić information content (AvgIpc) is 3.00. The third-order valence-corrected chi connectivity index (χ3v) is 6.62. The summed E-state index contributed by atoms with van der Waals surface area (Å²) in [4.78, 5) is 30.0. The number of carbonyl (C=O) groups is 2. The number of carbonyl (C=O) groups excluding carboxylic acids is 2. The third-order valence-electron chi connectivity index (χ3n) is 6.62. The zero-order valence-electron chi connectivity index (χ0n) is 22.1. The molecule has 39 heavy (non-hydrogen) atoms. The van der Waals surface area contributed by atoms with E-state index in [1.54, 1.807) is 6.92 Å². The fourth-order valence-corrected chi connectivity index (χ4v) is 4.53. The lowest BCUT2D eigenvalue weighted by atomic mass is 10.0. The minimum absolute atomic E-state index is 0.109. The van der Waals surface area contributed by atoms with E-state index in [2.05, 4.69) is 10.3 Å². The number of methoxy groups -OCH3 is 1. The van der Waals surface area contributed by atoms with Crippen LogP contribution in [0.5, 0.6) is 11.5 Å². The van der Waals surface area contributed by atoms with Gasteiger partial charge in [0, 0.05) is 12.3 Å². The number of nitrogens with one attached hydrogen (secondary N) is 1. The number of pyridine rings is 1. The fourth-order valence-electron chi connectivity index (χ4n) is 4.53. The average molecular weight is 535 g/mol. The maximum atomic E-state index is 13.2. The van der Waals surface area contributed by atoms with Crippen LogP contribution in [0.25, 0.3) is 0 Å². The van der Waals surface area contributed by atoms with Crippen molar-refractivity contribution in [3.8, 4) is 11.5 Å². The first-order valence-corrected chi connectivity index (χ1v) is 13.0. The summed E-state index contributed by atoms with van der Waals surface area (Å²) in [6.45, 7) is 2.49. The maximum absolute atomic E-state index is 13.2.